The lowest BCUT2D eigenvalue weighted by Gasteiger charge is -2.16. The standard InChI is InChI=1S/C15H17ClN4OS/c1-3-19-10(2)17-18-15(19)22-13-8-9-20(14(13)21)12-6-4-11(16)5-7-12/h4-7,13H,3,8-9H2,1-2H3/t13-/m1/s1. The Morgan fingerprint density at radius 3 is 2.73 bits per heavy atom. The average Bonchev–Trinajstić information content (AvgIpc) is 3.04. The number of rotatable bonds is 4. The molecule has 0 spiro atoms. The highest BCUT2D eigenvalue weighted by molar-refractivity contribution is 8.00. The quantitative estimate of drug-likeness (QED) is 0.860. The monoisotopic (exact) mass is 336 g/mol. The summed E-state index contributed by atoms with van der Waals surface area (Å²) < 4.78 is 2.03. The summed E-state index contributed by atoms with van der Waals surface area (Å²) in [5.74, 6) is 1.00. The Kier molecular flexibility index (Phi) is 4.40. The molecule has 116 valence electrons. The summed E-state index contributed by atoms with van der Waals surface area (Å²) >= 11 is 7.41. The normalized spacial score (nSPS) is 18.2. The smallest absolute Gasteiger partial charge is 0.240 e. The van der Waals surface area contributed by atoms with E-state index in [4.69, 9.17) is 11.6 Å². The molecule has 1 fully saturated rings. The van der Waals surface area contributed by atoms with Crippen molar-refractivity contribution < 1.29 is 4.79 Å². The van der Waals surface area contributed by atoms with E-state index < -0.39 is 0 Å². The number of aryl methyl sites for hydroxylation is 1. The van der Waals surface area contributed by atoms with E-state index in [1.165, 1.54) is 11.8 Å². The summed E-state index contributed by atoms with van der Waals surface area (Å²) in [5.41, 5.74) is 0.894. The summed E-state index contributed by atoms with van der Waals surface area (Å²) in [6.45, 7) is 5.51. The molecule has 3 rings (SSSR count). The van der Waals surface area contributed by atoms with E-state index in [0.29, 0.717) is 5.02 Å². The first-order valence-electron chi connectivity index (χ1n) is 7.23. The third-order valence-electron chi connectivity index (χ3n) is 3.76. The maximum atomic E-state index is 12.6. The Morgan fingerprint density at radius 2 is 2.05 bits per heavy atom. The molecule has 1 aliphatic rings. The molecule has 5 nitrogen and oxygen atoms in total. The van der Waals surface area contributed by atoms with Gasteiger partial charge in [0.05, 0.1) is 5.25 Å². The van der Waals surface area contributed by atoms with Gasteiger partial charge in [-0.25, -0.2) is 0 Å². The van der Waals surface area contributed by atoms with Crippen molar-refractivity contribution in [1.29, 1.82) is 0 Å². The van der Waals surface area contributed by atoms with Gasteiger partial charge in [0.15, 0.2) is 5.16 Å². The highest BCUT2D eigenvalue weighted by atomic mass is 35.5. The van der Waals surface area contributed by atoms with Gasteiger partial charge in [0.2, 0.25) is 5.91 Å². The number of halogens is 1. The molecule has 0 unspecified atom stereocenters. The molecule has 1 aromatic carbocycles. The SMILES string of the molecule is CCn1c(C)nnc1S[C@@H]1CCN(c2ccc(Cl)cc2)C1=O. The van der Waals surface area contributed by atoms with E-state index in [1.807, 2.05) is 40.7 Å². The number of nitrogens with zero attached hydrogens (tertiary/aromatic N) is 4. The number of hydrogen-bond donors (Lipinski definition) is 0. The Morgan fingerprint density at radius 1 is 1.32 bits per heavy atom. The van der Waals surface area contributed by atoms with Crippen LogP contribution in [0.1, 0.15) is 19.2 Å². The summed E-state index contributed by atoms with van der Waals surface area (Å²) in [5, 5.41) is 9.66. The number of carbonyl (C=O) groups is 1. The molecule has 22 heavy (non-hydrogen) atoms. The number of thioether (sulfide) groups is 1. The van der Waals surface area contributed by atoms with Crippen molar-refractivity contribution in [1.82, 2.24) is 14.8 Å². The van der Waals surface area contributed by atoms with E-state index >= 15 is 0 Å². The zero-order chi connectivity index (χ0) is 15.7. The second-order valence-electron chi connectivity index (χ2n) is 5.14. The summed E-state index contributed by atoms with van der Waals surface area (Å²) in [6, 6.07) is 7.38. The van der Waals surface area contributed by atoms with Crippen LogP contribution in [-0.2, 0) is 11.3 Å². The maximum Gasteiger partial charge on any atom is 0.240 e. The van der Waals surface area contributed by atoms with Crippen molar-refractivity contribution in [2.75, 3.05) is 11.4 Å². The van der Waals surface area contributed by atoms with E-state index in [2.05, 4.69) is 17.1 Å². The van der Waals surface area contributed by atoms with Gasteiger partial charge in [0.1, 0.15) is 5.82 Å². The van der Waals surface area contributed by atoms with Crippen LogP contribution < -0.4 is 4.90 Å². The lowest BCUT2D eigenvalue weighted by Crippen LogP contribution is -2.28. The van der Waals surface area contributed by atoms with Crippen LogP contribution in [0, 0.1) is 6.92 Å². The Labute approximate surface area is 138 Å². The van der Waals surface area contributed by atoms with Crippen molar-refractivity contribution in [2.24, 2.45) is 0 Å². The van der Waals surface area contributed by atoms with Crippen molar-refractivity contribution in [3.63, 3.8) is 0 Å². The Hall–Kier alpha value is -1.53. The first kappa shape index (κ1) is 15.4. The van der Waals surface area contributed by atoms with Gasteiger partial charge in [-0.2, -0.15) is 0 Å². The summed E-state index contributed by atoms with van der Waals surface area (Å²) in [6.07, 6.45) is 0.807. The fraction of sp³-hybridized carbons (Fsp3) is 0.400. The molecule has 1 aromatic heterocycles. The number of anilines is 1. The van der Waals surface area contributed by atoms with Crippen LogP contribution in [-0.4, -0.2) is 32.5 Å². The molecule has 0 N–H and O–H groups in total. The molecule has 1 saturated heterocycles. The van der Waals surface area contributed by atoms with Crippen molar-refractivity contribution in [2.45, 2.75) is 37.2 Å². The van der Waals surface area contributed by atoms with Gasteiger partial charge in [0, 0.05) is 23.8 Å². The van der Waals surface area contributed by atoms with Crippen LogP contribution in [0.5, 0.6) is 0 Å². The third-order valence-corrected chi connectivity index (χ3v) is 5.25. The molecule has 0 aliphatic carbocycles. The molecular formula is C15H17ClN4OS. The molecule has 1 atom stereocenters. The van der Waals surface area contributed by atoms with Gasteiger partial charge < -0.3 is 9.47 Å². The minimum Gasteiger partial charge on any atom is -0.311 e. The molecule has 0 bridgehead atoms. The van der Waals surface area contributed by atoms with E-state index in [9.17, 15) is 4.79 Å². The van der Waals surface area contributed by atoms with Crippen molar-refractivity contribution >= 4 is 35.0 Å². The molecule has 2 heterocycles. The number of hydrogen-bond acceptors (Lipinski definition) is 4. The first-order chi connectivity index (χ1) is 10.6. The molecular weight excluding hydrogens is 320 g/mol. The van der Waals surface area contributed by atoms with E-state index in [1.54, 1.807) is 0 Å². The van der Waals surface area contributed by atoms with Gasteiger partial charge in [0.25, 0.3) is 0 Å². The van der Waals surface area contributed by atoms with Crippen LogP contribution in [0.2, 0.25) is 5.02 Å². The Bertz CT molecular complexity index is 685. The molecule has 7 heteroatoms. The second kappa shape index (κ2) is 6.30. The van der Waals surface area contributed by atoms with Gasteiger partial charge >= 0.3 is 0 Å². The van der Waals surface area contributed by atoms with Crippen molar-refractivity contribution in [3.8, 4) is 0 Å². The van der Waals surface area contributed by atoms with Crippen LogP contribution in [0.25, 0.3) is 0 Å². The predicted octanol–water partition coefficient (Wildman–Crippen LogP) is 3.16. The van der Waals surface area contributed by atoms with Gasteiger partial charge in [-0.05, 0) is 44.5 Å². The van der Waals surface area contributed by atoms with Crippen molar-refractivity contribution in [3.05, 3.63) is 35.1 Å². The van der Waals surface area contributed by atoms with Crippen LogP contribution in [0.4, 0.5) is 5.69 Å². The van der Waals surface area contributed by atoms with E-state index in [0.717, 1.165) is 36.2 Å². The van der Waals surface area contributed by atoms with Crippen LogP contribution in [0.15, 0.2) is 29.4 Å². The third kappa shape index (κ3) is 2.85. The molecule has 1 amide bonds. The molecule has 2 aromatic rings. The lowest BCUT2D eigenvalue weighted by molar-refractivity contribution is -0.116. The topological polar surface area (TPSA) is 51.0 Å². The zero-order valence-electron chi connectivity index (χ0n) is 12.5. The number of amides is 1. The maximum absolute atomic E-state index is 12.6. The largest absolute Gasteiger partial charge is 0.311 e. The van der Waals surface area contributed by atoms with Crippen LogP contribution >= 0.6 is 23.4 Å². The van der Waals surface area contributed by atoms with Gasteiger partial charge in [-0.3, -0.25) is 4.79 Å². The zero-order valence-corrected chi connectivity index (χ0v) is 14.1. The molecule has 0 radical (unpaired) electrons. The lowest BCUT2D eigenvalue weighted by atomic mass is 10.3. The Balaban J connectivity index is 1.75. The van der Waals surface area contributed by atoms with Gasteiger partial charge in [-0.15, -0.1) is 10.2 Å². The minimum absolute atomic E-state index is 0.107. The second-order valence-corrected chi connectivity index (χ2v) is 6.74. The number of carbonyl (C=O) groups excluding carboxylic acids is 1. The molecule has 0 saturated carbocycles. The van der Waals surface area contributed by atoms with Crippen LogP contribution in [0.3, 0.4) is 0 Å². The minimum atomic E-state index is -0.107. The fourth-order valence-electron chi connectivity index (χ4n) is 2.58. The average molecular weight is 337 g/mol. The first-order valence-corrected chi connectivity index (χ1v) is 8.49. The highest BCUT2D eigenvalue weighted by Gasteiger charge is 2.34. The summed E-state index contributed by atoms with van der Waals surface area (Å²) in [7, 11) is 0. The predicted molar refractivity (Wildman–Crippen MR) is 88.5 cm³/mol. The van der Waals surface area contributed by atoms with E-state index in [-0.39, 0.29) is 11.2 Å². The summed E-state index contributed by atoms with van der Waals surface area (Å²) in [4.78, 5) is 14.4. The molecule has 1 aliphatic heterocycles. The number of benzene rings is 1. The van der Waals surface area contributed by atoms with Gasteiger partial charge in [-0.1, -0.05) is 23.4 Å². The number of aromatic nitrogens is 3. The highest BCUT2D eigenvalue weighted by Crippen LogP contribution is 2.32. The fourth-order valence-corrected chi connectivity index (χ4v) is 3.89.